The third-order valence-electron chi connectivity index (χ3n) is 4.94. The number of anilines is 1. The smallest absolute Gasteiger partial charge is 0.335 e. The van der Waals surface area contributed by atoms with Crippen molar-refractivity contribution in [1.82, 2.24) is 5.32 Å². The summed E-state index contributed by atoms with van der Waals surface area (Å²) < 4.78 is 0. The van der Waals surface area contributed by atoms with Crippen LogP contribution in [0.25, 0.3) is 0 Å². The molecule has 0 atom stereocenters. The Hall–Kier alpha value is -3.15. The van der Waals surface area contributed by atoms with Crippen LogP contribution in [0.2, 0.25) is 0 Å². The number of aromatic carboxylic acids is 1. The summed E-state index contributed by atoms with van der Waals surface area (Å²) in [5.41, 5.74) is 2.10. The summed E-state index contributed by atoms with van der Waals surface area (Å²) >= 11 is 0. The quantitative estimate of drug-likeness (QED) is 0.713. The topological polar surface area (TPSA) is 95.5 Å². The summed E-state index contributed by atoms with van der Waals surface area (Å²) in [5.74, 6) is -1.28. The Kier molecular flexibility index (Phi) is 6.42. The highest BCUT2D eigenvalue weighted by Gasteiger charge is 2.16. The highest BCUT2D eigenvalue weighted by atomic mass is 16.4. The van der Waals surface area contributed by atoms with E-state index in [0.29, 0.717) is 11.3 Å². The number of carboxylic acids is 1. The number of amides is 2. The van der Waals surface area contributed by atoms with Crippen LogP contribution in [0.3, 0.4) is 0 Å². The summed E-state index contributed by atoms with van der Waals surface area (Å²) in [6.45, 7) is 0. The normalized spacial score (nSPS) is 14.3. The summed E-state index contributed by atoms with van der Waals surface area (Å²) in [6, 6.07) is 13.3. The van der Waals surface area contributed by atoms with Gasteiger partial charge in [-0.2, -0.15) is 0 Å². The van der Waals surface area contributed by atoms with Gasteiger partial charge >= 0.3 is 5.97 Å². The molecule has 0 unspecified atom stereocenters. The summed E-state index contributed by atoms with van der Waals surface area (Å²) in [7, 11) is 0. The SMILES string of the molecule is O=C(Cc1ccc(C(=O)O)cc1)Nc1ccc(C(=O)NC2CCCCC2)cc1. The molecule has 28 heavy (non-hydrogen) atoms. The van der Waals surface area contributed by atoms with Gasteiger partial charge in [0.15, 0.2) is 0 Å². The van der Waals surface area contributed by atoms with Gasteiger partial charge in [-0.25, -0.2) is 4.79 Å². The Bertz CT molecular complexity index is 838. The maximum atomic E-state index is 12.3. The van der Waals surface area contributed by atoms with E-state index in [1.807, 2.05) is 0 Å². The second kappa shape index (κ2) is 9.17. The lowest BCUT2D eigenvalue weighted by molar-refractivity contribution is -0.115. The van der Waals surface area contributed by atoms with Crippen LogP contribution >= 0.6 is 0 Å². The molecule has 146 valence electrons. The molecule has 0 aliphatic heterocycles. The molecule has 1 aliphatic carbocycles. The van der Waals surface area contributed by atoms with Crippen molar-refractivity contribution in [3.05, 3.63) is 65.2 Å². The minimum absolute atomic E-state index is 0.0803. The van der Waals surface area contributed by atoms with E-state index in [1.54, 1.807) is 36.4 Å². The predicted molar refractivity (Wildman–Crippen MR) is 107 cm³/mol. The van der Waals surface area contributed by atoms with E-state index in [1.165, 1.54) is 18.6 Å². The largest absolute Gasteiger partial charge is 0.478 e. The van der Waals surface area contributed by atoms with Crippen molar-refractivity contribution in [3.63, 3.8) is 0 Å². The number of nitrogens with one attached hydrogen (secondary N) is 2. The maximum absolute atomic E-state index is 12.3. The Labute approximate surface area is 164 Å². The van der Waals surface area contributed by atoms with Gasteiger partial charge < -0.3 is 15.7 Å². The van der Waals surface area contributed by atoms with Crippen molar-refractivity contribution in [2.75, 3.05) is 5.32 Å². The Morgan fingerprint density at radius 1 is 0.857 bits per heavy atom. The maximum Gasteiger partial charge on any atom is 0.335 e. The van der Waals surface area contributed by atoms with Gasteiger partial charge in [0, 0.05) is 17.3 Å². The van der Waals surface area contributed by atoms with E-state index < -0.39 is 5.97 Å². The molecule has 2 aromatic carbocycles. The van der Waals surface area contributed by atoms with Crippen LogP contribution in [0.5, 0.6) is 0 Å². The first kappa shape index (κ1) is 19.6. The molecular weight excluding hydrogens is 356 g/mol. The molecule has 1 saturated carbocycles. The Morgan fingerprint density at radius 2 is 1.46 bits per heavy atom. The number of carbonyl (C=O) groups is 3. The number of hydrogen-bond donors (Lipinski definition) is 3. The average molecular weight is 380 g/mol. The number of benzene rings is 2. The molecule has 0 spiro atoms. The molecule has 0 aromatic heterocycles. The van der Waals surface area contributed by atoms with Gasteiger partial charge in [-0.3, -0.25) is 9.59 Å². The molecule has 1 aliphatic rings. The monoisotopic (exact) mass is 380 g/mol. The predicted octanol–water partition coefficient (Wildman–Crippen LogP) is 3.63. The van der Waals surface area contributed by atoms with E-state index in [2.05, 4.69) is 10.6 Å². The lowest BCUT2D eigenvalue weighted by Crippen LogP contribution is -2.36. The first-order chi connectivity index (χ1) is 13.5. The van der Waals surface area contributed by atoms with Crippen LogP contribution in [-0.2, 0) is 11.2 Å². The average Bonchev–Trinajstić information content (AvgIpc) is 2.69. The fourth-order valence-corrected chi connectivity index (χ4v) is 3.38. The molecule has 0 bridgehead atoms. The van der Waals surface area contributed by atoms with Gasteiger partial charge in [0.1, 0.15) is 0 Å². The van der Waals surface area contributed by atoms with Crippen LogP contribution in [0.1, 0.15) is 58.4 Å². The lowest BCUT2D eigenvalue weighted by Gasteiger charge is -2.22. The molecule has 6 nitrogen and oxygen atoms in total. The van der Waals surface area contributed by atoms with E-state index in [-0.39, 0.29) is 29.8 Å². The van der Waals surface area contributed by atoms with Gasteiger partial charge in [-0.05, 0) is 54.8 Å². The molecule has 0 heterocycles. The zero-order valence-corrected chi connectivity index (χ0v) is 15.6. The highest BCUT2D eigenvalue weighted by Crippen LogP contribution is 2.18. The second-order valence-corrected chi connectivity index (χ2v) is 7.11. The first-order valence-corrected chi connectivity index (χ1v) is 9.54. The second-order valence-electron chi connectivity index (χ2n) is 7.11. The minimum atomic E-state index is -0.997. The molecule has 0 saturated heterocycles. The molecule has 6 heteroatoms. The highest BCUT2D eigenvalue weighted by molar-refractivity contribution is 5.96. The van der Waals surface area contributed by atoms with Crippen molar-refractivity contribution in [2.45, 2.75) is 44.6 Å². The van der Waals surface area contributed by atoms with Crippen LogP contribution in [0.15, 0.2) is 48.5 Å². The van der Waals surface area contributed by atoms with E-state index >= 15 is 0 Å². The van der Waals surface area contributed by atoms with E-state index in [0.717, 1.165) is 31.2 Å². The van der Waals surface area contributed by atoms with E-state index in [9.17, 15) is 14.4 Å². The van der Waals surface area contributed by atoms with Crippen LogP contribution < -0.4 is 10.6 Å². The number of rotatable bonds is 6. The van der Waals surface area contributed by atoms with Crippen molar-refractivity contribution < 1.29 is 19.5 Å². The molecule has 3 N–H and O–H groups in total. The third-order valence-corrected chi connectivity index (χ3v) is 4.94. The third kappa shape index (κ3) is 5.42. The Morgan fingerprint density at radius 3 is 2.07 bits per heavy atom. The minimum Gasteiger partial charge on any atom is -0.478 e. The van der Waals surface area contributed by atoms with Crippen molar-refractivity contribution in [3.8, 4) is 0 Å². The fourth-order valence-electron chi connectivity index (χ4n) is 3.38. The van der Waals surface area contributed by atoms with Crippen LogP contribution in [-0.4, -0.2) is 28.9 Å². The molecule has 2 aromatic rings. The lowest BCUT2D eigenvalue weighted by atomic mass is 9.95. The fraction of sp³-hybridized carbons (Fsp3) is 0.318. The van der Waals surface area contributed by atoms with Crippen molar-refractivity contribution >= 4 is 23.5 Å². The van der Waals surface area contributed by atoms with Gasteiger partial charge in [0.2, 0.25) is 5.91 Å². The van der Waals surface area contributed by atoms with Crippen molar-refractivity contribution in [2.24, 2.45) is 0 Å². The summed E-state index contributed by atoms with van der Waals surface area (Å²) in [4.78, 5) is 35.4. The van der Waals surface area contributed by atoms with Gasteiger partial charge in [0.25, 0.3) is 5.91 Å². The van der Waals surface area contributed by atoms with Crippen LogP contribution in [0.4, 0.5) is 5.69 Å². The van der Waals surface area contributed by atoms with Gasteiger partial charge in [-0.15, -0.1) is 0 Å². The molecular formula is C22H24N2O4. The van der Waals surface area contributed by atoms with Gasteiger partial charge in [0.05, 0.1) is 12.0 Å². The zero-order chi connectivity index (χ0) is 19.9. The number of hydrogen-bond acceptors (Lipinski definition) is 3. The summed E-state index contributed by atoms with van der Waals surface area (Å²) in [5, 5.41) is 14.8. The molecule has 2 amide bonds. The molecule has 3 rings (SSSR count). The zero-order valence-electron chi connectivity index (χ0n) is 15.6. The number of carboxylic acid groups (broad SMARTS) is 1. The van der Waals surface area contributed by atoms with E-state index in [4.69, 9.17) is 5.11 Å². The summed E-state index contributed by atoms with van der Waals surface area (Å²) in [6.07, 6.45) is 5.78. The van der Waals surface area contributed by atoms with Crippen molar-refractivity contribution in [1.29, 1.82) is 0 Å². The standard InChI is InChI=1S/C22H24N2O4/c25-20(14-15-6-8-17(9-7-15)22(27)28)23-19-12-10-16(11-13-19)21(26)24-18-4-2-1-3-5-18/h6-13,18H,1-5,14H2,(H,23,25)(H,24,26)(H,27,28). The van der Waals surface area contributed by atoms with Crippen LogP contribution in [0, 0.1) is 0 Å². The first-order valence-electron chi connectivity index (χ1n) is 9.54. The molecule has 0 radical (unpaired) electrons. The van der Waals surface area contributed by atoms with Gasteiger partial charge in [-0.1, -0.05) is 31.4 Å². The Balaban J connectivity index is 1.52. The number of carbonyl (C=O) groups excluding carboxylic acids is 2. The molecule has 1 fully saturated rings.